The van der Waals surface area contributed by atoms with Crippen molar-refractivity contribution >= 4 is 0 Å². The van der Waals surface area contributed by atoms with Crippen molar-refractivity contribution in [3.8, 4) is 0 Å². The van der Waals surface area contributed by atoms with Gasteiger partial charge >= 0.3 is 0 Å². The SMILES string of the molecule is CC1CCC(CCNCC2CCCC(C)C2)CC1. The van der Waals surface area contributed by atoms with E-state index in [0.717, 1.165) is 23.7 Å². The molecule has 0 bridgehead atoms. The summed E-state index contributed by atoms with van der Waals surface area (Å²) in [5.41, 5.74) is 0. The molecule has 2 aliphatic rings. The quantitative estimate of drug-likeness (QED) is 0.703. The molecule has 1 nitrogen and oxygen atoms in total. The summed E-state index contributed by atoms with van der Waals surface area (Å²) in [4.78, 5) is 0. The standard InChI is InChI=1S/C17H33N/c1-14-6-8-16(9-7-14)10-11-18-13-17-5-3-4-15(2)12-17/h14-18H,3-13H2,1-2H3. The van der Waals surface area contributed by atoms with E-state index in [4.69, 9.17) is 0 Å². The molecule has 0 aliphatic heterocycles. The lowest BCUT2D eigenvalue weighted by Gasteiger charge is -2.28. The predicted molar refractivity (Wildman–Crippen MR) is 79.7 cm³/mol. The maximum absolute atomic E-state index is 3.73. The first-order valence-corrected chi connectivity index (χ1v) is 8.44. The molecule has 18 heavy (non-hydrogen) atoms. The van der Waals surface area contributed by atoms with Crippen LogP contribution in [0.25, 0.3) is 0 Å². The molecule has 106 valence electrons. The van der Waals surface area contributed by atoms with Gasteiger partial charge < -0.3 is 5.32 Å². The van der Waals surface area contributed by atoms with Crippen LogP contribution in [0.1, 0.15) is 71.6 Å². The van der Waals surface area contributed by atoms with Crippen LogP contribution in [-0.2, 0) is 0 Å². The molecule has 0 aromatic heterocycles. The van der Waals surface area contributed by atoms with E-state index in [1.807, 2.05) is 0 Å². The Morgan fingerprint density at radius 2 is 1.61 bits per heavy atom. The first-order valence-electron chi connectivity index (χ1n) is 8.44. The average molecular weight is 251 g/mol. The van der Waals surface area contributed by atoms with Crippen LogP contribution in [0.2, 0.25) is 0 Å². The van der Waals surface area contributed by atoms with Crippen LogP contribution < -0.4 is 5.32 Å². The van der Waals surface area contributed by atoms with Crippen LogP contribution in [0.4, 0.5) is 0 Å². The highest BCUT2D eigenvalue weighted by Gasteiger charge is 2.19. The van der Waals surface area contributed by atoms with Gasteiger partial charge in [-0.25, -0.2) is 0 Å². The fraction of sp³-hybridized carbons (Fsp3) is 1.00. The van der Waals surface area contributed by atoms with E-state index in [2.05, 4.69) is 19.2 Å². The highest BCUT2D eigenvalue weighted by molar-refractivity contribution is 4.74. The van der Waals surface area contributed by atoms with E-state index in [-0.39, 0.29) is 0 Å². The van der Waals surface area contributed by atoms with Gasteiger partial charge in [-0.1, -0.05) is 52.4 Å². The van der Waals surface area contributed by atoms with Gasteiger partial charge in [-0.05, 0) is 56.0 Å². The largest absolute Gasteiger partial charge is 0.316 e. The Kier molecular flexibility index (Phi) is 6.01. The Balaban J connectivity index is 1.50. The van der Waals surface area contributed by atoms with Gasteiger partial charge in [-0.3, -0.25) is 0 Å². The lowest BCUT2D eigenvalue weighted by molar-refractivity contribution is 0.257. The molecule has 2 unspecified atom stereocenters. The summed E-state index contributed by atoms with van der Waals surface area (Å²) in [6.07, 6.45) is 13.2. The first-order chi connectivity index (χ1) is 8.74. The van der Waals surface area contributed by atoms with Gasteiger partial charge in [-0.15, -0.1) is 0 Å². The molecule has 2 fully saturated rings. The van der Waals surface area contributed by atoms with Gasteiger partial charge in [0.15, 0.2) is 0 Å². The van der Waals surface area contributed by atoms with Gasteiger partial charge in [0.2, 0.25) is 0 Å². The molecule has 1 heteroatoms. The number of hydrogen-bond donors (Lipinski definition) is 1. The second-order valence-corrected chi connectivity index (χ2v) is 7.26. The van der Waals surface area contributed by atoms with Crippen molar-refractivity contribution in [2.24, 2.45) is 23.7 Å². The zero-order valence-electron chi connectivity index (χ0n) is 12.6. The minimum Gasteiger partial charge on any atom is -0.316 e. The van der Waals surface area contributed by atoms with Crippen molar-refractivity contribution in [3.05, 3.63) is 0 Å². The second kappa shape index (κ2) is 7.53. The first kappa shape index (κ1) is 14.4. The third-order valence-corrected chi connectivity index (χ3v) is 5.34. The summed E-state index contributed by atoms with van der Waals surface area (Å²) in [5.74, 6) is 3.97. The van der Waals surface area contributed by atoms with E-state index in [9.17, 15) is 0 Å². The molecule has 2 saturated carbocycles. The molecule has 1 N–H and O–H groups in total. The van der Waals surface area contributed by atoms with Crippen LogP contribution in [-0.4, -0.2) is 13.1 Å². The maximum atomic E-state index is 3.73. The molecule has 0 heterocycles. The van der Waals surface area contributed by atoms with Gasteiger partial charge in [0, 0.05) is 0 Å². The third kappa shape index (κ3) is 4.91. The summed E-state index contributed by atoms with van der Waals surface area (Å²) in [6, 6.07) is 0. The molecule has 2 atom stereocenters. The lowest BCUT2D eigenvalue weighted by Crippen LogP contribution is -2.28. The van der Waals surface area contributed by atoms with Gasteiger partial charge in [0.25, 0.3) is 0 Å². The van der Waals surface area contributed by atoms with Crippen LogP contribution in [0.3, 0.4) is 0 Å². The normalized spacial score (nSPS) is 37.7. The number of nitrogens with one attached hydrogen (secondary N) is 1. The lowest BCUT2D eigenvalue weighted by atomic mass is 9.81. The molecule has 0 aromatic carbocycles. The summed E-state index contributed by atoms with van der Waals surface area (Å²) in [7, 11) is 0. The van der Waals surface area contributed by atoms with Crippen LogP contribution in [0.15, 0.2) is 0 Å². The summed E-state index contributed by atoms with van der Waals surface area (Å²) < 4.78 is 0. The van der Waals surface area contributed by atoms with Gasteiger partial charge in [-0.2, -0.15) is 0 Å². The van der Waals surface area contributed by atoms with E-state index >= 15 is 0 Å². The van der Waals surface area contributed by atoms with E-state index in [1.54, 1.807) is 0 Å². The Bertz CT molecular complexity index is 218. The molecule has 0 spiro atoms. The Morgan fingerprint density at radius 3 is 2.33 bits per heavy atom. The summed E-state index contributed by atoms with van der Waals surface area (Å²) >= 11 is 0. The average Bonchev–Trinajstić information content (AvgIpc) is 2.37. The minimum atomic E-state index is 0.972. The molecule has 2 rings (SSSR count). The Labute approximate surface area is 114 Å². The molecule has 0 aromatic rings. The minimum absolute atomic E-state index is 0.972. The third-order valence-electron chi connectivity index (χ3n) is 5.34. The smallest absolute Gasteiger partial charge is 0.00204 e. The molecule has 0 radical (unpaired) electrons. The highest BCUT2D eigenvalue weighted by Crippen LogP contribution is 2.30. The fourth-order valence-corrected chi connectivity index (χ4v) is 3.98. The molecule has 2 aliphatic carbocycles. The number of hydrogen-bond acceptors (Lipinski definition) is 1. The van der Waals surface area contributed by atoms with E-state index < -0.39 is 0 Å². The van der Waals surface area contributed by atoms with E-state index in [1.165, 1.54) is 70.9 Å². The highest BCUT2D eigenvalue weighted by atomic mass is 14.9. The summed E-state index contributed by atoms with van der Waals surface area (Å²) in [6.45, 7) is 7.39. The zero-order chi connectivity index (χ0) is 12.8. The second-order valence-electron chi connectivity index (χ2n) is 7.26. The van der Waals surface area contributed by atoms with Crippen LogP contribution in [0, 0.1) is 23.7 Å². The maximum Gasteiger partial charge on any atom is -0.00204 e. The Morgan fingerprint density at radius 1 is 0.833 bits per heavy atom. The fourth-order valence-electron chi connectivity index (χ4n) is 3.98. The number of rotatable bonds is 5. The van der Waals surface area contributed by atoms with Crippen molar-refractivity contribution in [2.75, 3.05) is 13.1 Å². The monoisotopic (exact) mass is 251 g/mol. The van der Waals surface area contributed by atoms with E-state index in [0.29, 0.717) is 0 Å². The topological polar surface area (TPSA) is 12.0 Å². The molecule has 0 amide bonds. The Hall–Kier alpha value is -0.0400. The summed E-state index contributed by atoms with van der Waals surface area (Å²) in [5, 5.41) is 3.73. The van der Waals surface area contributed by atoms with Crippen LogP contribution >= 0.6 is 0 Å². The molecule has 0 saturated heterocycles. The van der Waals surface area contributed by atoms with Gasteiger partial charge in [0.1, 0.15) is 0 Å². The van der Waals surface area contributed by atoms with Crippen molar-refractivity contribution < 1.29 is 0 Å². The van der Waals surface area contributed by atoms with Crippen LogP contribution in [0.5, 0.6) is 0 Å². The predicted octanol–water partition coefficient (Wildman–Crippen LogP) is 4.62. The van der Waals surface area contributed by atoms with Gasteiger partial charge in [0.05, 0.1) is 0 Å². The molecular weight excluding hydrogens is 218 g/mol. The van der Waals surface area contributed by atoms with Crippen molar-refractivity contribution in [3.63, 3.8) is 0 Å². The van der Waals surface area contributed by atoms with Crippen molar-refractivity contribution in [1.82, 2.24) is 5.32 Å². The van der Waals surface area contributed by atoms with Crippen molar-refractivity contribution in [1.29, 1.82) is 0 Å². The zero-order valence-corrected chi connectivity index (χ0v) is 12.6. The van der Waals surface area contributed by atoms with Crippen molar-refractivity contribution in [2.45, 2.75) is 71.6 Å². The molecular formula is C17H33N.